The number of fused-ring (bicyclic) bond motifs is 1. The van der Waals surface area contributed by atoms with Gasteiger partial charge in [0.2, 0.25) is 0 Å². The van der Waals surface area contributed by atoms with Crippen LogP contribution >= 0.6 is 0 Å². The smallest absolute Gasteiger partial charge is 0.251 e. The lowest BCUT2D eigenvalue weighted by Crippen LogP contribution is -2.37. The molecule has 0 saturated carbocycles. The lowest BCUT2D eigenvalue weighted by Gasteiger charge is -2.23. The third-order valence-electron chi connectivity index (χ3n) is 3.22. The van der Waals surface area contributed by atoms with Crippen molar-refractivity contribution in [3.05, 3.63) is 0 Å². The van der Waals surface area contributed by atoms with E-state index < -0.39 is 6.43 Å². The summed E-state index contributed by atoms with van der Waals surface area (Å²) < 4.78 is 24.4. The molecule has 0 aliphatic carbocycles. The van der Waals surface area contributed by atoms with E-state index in [-0.39, 0.29) is 6.54 Å². The first-order valence-corrected chi connectivity index (χ1v) is 4.87. The van der Waals surface area contributed by atoms with E-state index in [1.165, 1.54) is 0 Å². The van der Waals surface area contributed by atoms with Gasteiger partial charge in [-0.3, -0.25) is 4.90 Å². The quantitative estimate of drug-likeness (QED) is 0.638. The molecule has 2 heterocycles. The second-order valence-electron chi connectivity index (χ2n) is 4.22. The number of hydrogen-bond donors (Lipinski definition) is 0. The van der Waals surface area contributed by atoms with Crippen molar-refractivity contribution in [2.45, 2.75) is 18.9 Å². The van der Waals surface area contributed by atoms with E-state index in [2.05, 4.69) is 11.9 Å². The van der Waals surface area contributed by atoms with Crippen molar-refractivity contribution in [1.82, 2.24) is 9.80 Å². The van der Waals surface area contributed by atoms with Crippen molar-refractivity contribution in [3.63, 3.8) is 0 Å². The second kappa shape index (κ2) is 3.50. The molecule has 2 aliphatic heterocycles. The molecule has 2 nitrogen and oxygen atoms in total. The van der Waals surface area contributed by atoms with Crippen molar-refractivity contribution in [3.8, 4) is 0 Å². The summed E-state index contributed by atoms with van der Waals surface area (Å²) in [5.41, 5.74) is 0. The topological polar surface area (TPSA) is 6.48 Å². The summed E-state index contributed by atoms with van der Waals surface area (Å²) in [7, 11) is 2.07. The Bertz CT molecular complexity index is 186. The average Bonchev–Trinajstić information content (AvgIpc) is 2.51. The summed E-state index contributed by atoms with van der Waals surface area (Å²) >= 11 is 0. The first-order chi connectivity index (χ1) is 6.16. The standard InChI is InChI=1S/C9H16F2N2/c1-12-4-7-2-3-13(6-9(10)11)8(7)5-12/h7-9H,2-6H2,1H3/t7-,8+/m0/s1. The van der Waals surface area contributed by atoms with Crippen LogP contribution in [0.4, 0.5) is 8.78 Å². The van der Waals surface area contributed by atoms with Gasteiger partial charge >= 0.3 is 0 Å². The molecule has 0 spiro atoms. The van der Waals surface area contributed by atoms with Gasteiger partial charge in [-0.15, -0.1) is 0 Å². The van der Waals surface area contributed by atoms with Crippen LogP contribution in [0, 0.1) is 5.92 Å². The van der Waals surface area contributed by atoms with Gasteiger partial charge in [-0.05, 0) is 25.9 Å². The average molecular weight is 190 g/mol. The Kier molecular flexibility index (Phi) is 2.51. The monoisotopic (exact) mass is 190 g/mol. The van der Waals surface area contributed by atoms with Crippen LogP contribution < -0.4 is 0 Å². The van der Waals surface area contributed by atoms with Gasteiger partial charge in [0, 0.05) is 19.1 Å². The Hall–Kier alpha value is -0.220. The Morgan fingerprint density at radius 2 is 2.15 bits per heavy atom. The molecule has 13 heavy (non-hydrogen) atoms. The van der Waals surface area contributed by atoms with Crippen molar-refractivity contribution >= 4 is 0 Å². The predicted molar refractivity (Wildman–Crippen MR) is 47.0 cm³/mol. The van der Waals surface area contributed by atoms with Gasteiger partial charge in [0.1, 0.15) is 0 Å². The van der Waals surface area contributed by atoms with Crippen molar-refractivity contribution in [1.29, 1.82) is 0 Å². The van der Waals surface area contributed by atoms with E-state index >= 15 is 0 Å². The highest BCUT2D eigenvalue weighted by Crippen LogP contribution is 2.30. The predicted octanol–water partition coefficient (Wildman–Crippen LogP) is 0.887. The Balaban J connectivity index is 1.93. The largest absolute Gasteiger partial charge is 0.304 e. The highest BCUT2D eigenvalue weighted by molar-refractivity contribution is 4.95. The van der Waals surface area contributed by atoms with Gasteiger partial charge in [-0.25, -0.2) is 8.78 Å². The minimum atomic E-state index is -2.18. The lowest BCUT2D eigenvalue weighted by atomic mass is 10.1. The van der Waals surface area contributed by atoms with Gasteiger partial charge in [0.05, 0.1) is 6.54 Å². The third-order valence-corrected chi connectivity index (χ3v) is 3.22. The summed E-state index contributed by atoms with van der Waals surface area (Å²) in [5.74, 6) is 0.642. The normalized spacial score (nSPS) is 36.0. The highest BCUT2D eigenvalue weighted by Gasteiger charge is 2.40. The van der Waals surface area contributed by atoms with Crippen LogP contribution in [0.15, 0.2) is 0 Å². The van der Waals surface area contributed by atoms with Gasteiger partial charge in [-0.1, -0.05) is 0 Å². The summed E-state index contributed by atoms with van der Waals surface area (Å²) in [6.07, 6.45) is -1.08. The number of rotatable bonds is 2. The molecule has 2 fully saturated rings. The number of halogens is 2. The molecular formula is C9H16F2N2. The Labute approximate surface area is 77.5 Å². The molecule has 0 bridgehead atoms. The summed E-state index contributed by atoms with van der Waals surface area (Å²) in [4.78, 5) is 4.20. The lowest BCUT2D eigenvalue weighted by molar-refractivity contribution is 0.0802. The first kappa shape index (κ1) is 9.34. The molecule has 0 unspecified atom stereocenters. The SMILES string of the molecule is CN1C[C@@H]2CCN(CC(F)F)[C@@H]2C1. The molecule has 76 valence electrons. The number of likely N-dealkylation sites (N-methyl/N-ethyl adjacent to an activating group) is 1. The molecule has 2 aliphatic rings. The van der Waals surface area contributed by atoms with Gasteiger partial charge in [-0.2, -0.15) is 0 Å². The zero-order valence-electron chi connectivity index (χ0n) is 7.92. The second-order valence-corrected chi connectivity index (χ2v) is 4.22. The van der Waals surface area contributed by atoms with Crippen LogP contribution in [0.25, 0.3) is 0 Å². The number of alkyl halides is 2. The zero-order chi connectivity index (χ0) is 9.42. The van der Waals surface area contributed by atoms with Crippen LogP contribution in [-0.2, 0) is 0 Å². The molecule has 0 aromatic heterocycles. The fourth-order valence-corrected chi connectivity index (χ4v) is 2.66. The maximum Gasteiger partial charge on any atom is 0.251 e. The van der Waals surface area contributed by atoms with Crippen LogP contribution in [0.1, 0.15) is 6.42 Å². The minimum absolute atomic E-state index is 0.0327. The molecule has 0 aromatic carbocycles. The van der Waals surface area contributed by atoms with E-state index in [0.717, 1.165) is 26.1 Å². The fourth-order valence-electron chi connectivity index (χ4n) is 2.66. The van der Waals surface area contributed by atoms with Crippen LogP contribution in [0.2, 0.25) is 0 Å². The number of nitrogens with zero attached hydrogens (tertiary/aromatic N) is 2. The van der Waals surface area contributed by atoms with Gasteiger partial charge in [0.15, 0.2) is 0 Å². The third kappa shape index (κ3) is 1.83. The number of hydrogen-bond acceptors (Lipinski definition) is 2. The van der Waals surface area contributed by atoms with E-state index in [0.29, 0.717) is 12.0 Å². The Morgan fingerprint density at radius 3 is 2.85 bits per heavy atom. The zero-order valence-corrected chi connectivity index (χ0v) is 7.92. The molecule has 2 atom stereocenters. The van der Waals surface area contributed by atoms with Gasteiger partial charge < -0.3 is 4.90 Å². The molecule has 0 amide bonds. The van der Waals surface area contributed by atoms with E-state index in [9.17, 15) is 8.78 Å². The van der Waals surface area contributed by atoms with E-state index in [1.54, 1.807) is 0 Å². The summed E-state index contributed by atoms with van der Waals surface area (Å²) in [5, 5.41) is 0. The molecule has 2 saturated heterocycles. The van der Waals surface area contributed by atoms with Crippen molar-refractivity contribution in [2.75, 3.05) is 33.2 Å². The molecular weight excluding hydrogens is 174 g/mol. The summed E-state index contributed by atoms with van der Waals surface area (Å²) in [6, 6.07) is 0.402. The van der Waals surface area contributed by atoms with Crippen LogP contribution in [-0.4, -0.2) is 55.5 Å². The van der Waals surface area contributed by atoms with Crippen LogP contribution in [0.5, 0.6) is 0 Å². The maximum absolute atomic E-state index is 12.2. The molecule has 2 rings (SSSR count). The molecule has 0 aromatic rings. The van der Waals surface area contributed by atoms with Crippen molar-refractivity contribution < 1.29 is 8.78 Å². The number of likely N-dealkylation sites (tertiary alicyclic amines) is 2. The first-order valence-electron chi connectivity index (χ1n) is 4.87. The molecule has 0 N–H and O–H groups in total. The maximum atomic E-state index is 12.2. The van der Waals surface area contributed by atoms with Crippen molar-refractivity contribution in [2.24, 2.45) is 5.92 Å². The van der Waals surface area contributed by atoms with Gasteiger partial charge in [0.25, 0.3) is 6.43 Å². The Morgan fingerprint density at radius 1 is 1.38 bits per heavy atom. The minimum Gasteiger partial charge on any atom is -0.304 e. The fraction of sp³-hybridized carbons (Fsp3) is 1.00. The molecule has 4 heteroatoms. The van der Waals surface area contributed by atoms with Crippen LogP contribution in [0.3, 0.4) is 0 Å². The molecule has 0 radical (unpaired) electrons. The van der Waals surface area contributed by atoms with E-state index in [4.69, 9.17) is 0 Å². The summed E-state index contributed by atoms with van der Waals surface area (Å²) in [6.45, 7) is 2.89. The van der Waals surface area contributed by atoms with E-state index in [1.807, 2.05) is 4.90 Å². The highest BCUT2D eigenvalue weighted by atomic mass is 19.3.